The largest absolute Gasteiger partial charge is 0.295 e. The number of para-hydroxylation sites is 1. The van der Waals surface area contributed by atoms with Gasteiger partial charge in [0.05, 0.1) is 5.69 Å². The molecule has 6 heteroatoms. The van der Waals surface area contributed by atoms with Gasteiger partial charge in [-0.2, -0.15) is 0 Å². The van der Waals surface area contributed by atoms with Crippen LogP contribution in [0.3, 0.4) is 0 Å². The summed E-state index contributed by atoms with van der Waals surface area (Å²) >= 11 is 1.57. The summed E-state index contributed by atoms with van der Waals surface area (Å²) in [5.41, 5.74) is 2.39. The van der Waals surface area contributed by atoms with E-state index >= 15 is 0 Å². The molecule has 126 valence electrons. The van der Waals surface area contributed by atoms with Gasteiger partial charge in [0.2, 0.25) is 11.8 Å². The van der Waals surface area contributed by atoms with Crippen LogP contribution in [0.25, 0.3) is 5.69 Å². The highest BCUT2D eigenvalue weighted by Crippen LogP contribution is 2.27. The summed E-state index contributed by atoms with van der Waals surface area (Å²) < 4.78 is 2.08. The van der Waals surface area contributed by atoms with Gasteiger partial charge in [0.25, 0.3) is 0 Å². The number of aromatic nitrogens is 2. The predicted molar refractivity (Wildman–Crippen MR) is 94.3 cm³/mol. The average Bonchev–Trinajstić information content (AvgIpc) is 3.16. The van der Waals surface area contributed by atoms with Crippen molar-refractivity contribution in [1.29, 1.82) is 0 Å². The van der Waals surface area contributed by atoms with Gasteiger partial charge in [0.15, 0.2) is 5.16 Å². The lowest BCUT2D eigenvalue weighted by Crippen LogP contribution is -2.31. The molecule has 0 unspecified atom stereocenters. The lowest BCUT2D eigenvalue weighted by atomic mass is 10.0. The van der Waals surface area contributed by atoms with Crippen molar-refractivity contribution in [3.63, 3.8) is 0 Å². The number of benzene rings is 1. The third-order valence-electron chi connectivity index (χ3n) is 4.13. The third kappa shape index (κ3) is 3.38. The van der Waals surface area contributed by atoms with E-state index < -0.39 is 0 Å². The van der Waals surface area contributed by atoms with Gasteiger partial charge in [-0.1, -0.05) is 43.8 Å². The fourth-order valence-electron chi connectivity index (χ4n) is 2.88. The van der Waals surface area contributed by atoms with Gasteiger partial charge in [-0.25, -0.2) is 4.98 Å². The molecule has 2 amide bonds. The van der Waals surface area contributed by atoms with Crippen LogP contribution >= 0.6 is 11.8 Å². The first kappa shape index (κ1) is 16.8. The number of nitrogens with zero attached hydrogens (tertiary/aromatic N) is 3. The summed E-state index contributed by atoms with van der Waals surface area (Å²) in [4.78, 5) is 29.1. The van der Waals surface area contributed by atoms with E-state index in [4.69, 9.17) is 0 Å². The van der Waals surface area contributed by atoms with Gasteiger partial charge in [-0.05, 0) is 17.5 Å². The Balaban J connectivity index is 1.72. The Hall–Kier alpha value is -2.08. The lowest BCUT2D eigenvalue weighted by Gasteiger charge is -2.16. The molecule has 0 aliphatic carbocycles. The molecule has 1 aromatic heterocycles. The van der Waals surface area contributed by atoms with Crippen LogP contribution in [0.5, 0.6) is 0 Å². The second kappa shape index (κ2) is 7.21. The number of imide groups is 1. The van der Waals surface area contributed by atoms with E-state index in [0.29, 0.717) is 31.1 Å². The van der Waals surface area contributed by atoms with Crippen molar-refractivity contribution < 1.29 is 9.59 Å². The van der Waals surface area contributed by atoms with Crippen molar-refractivity contribution in [1.82, 2.24) is 14.5 Å². The Labute approximate surface area is 146 Å². The van der Waals surface area contributed by atoms with Crippen LogP contribution in [0.15, 0.2) is 41.8 Å². The van der Waals surface area contributed by atoms with Gasteiger partial charge in [0, 0.05) is 37.5 Å². The molecule has 1 aromatic carbocycles. The van der Waals surface area contributed by atoms with Crippen molar-refractivity contribution in [2.24, 2.45) is 0 Å². The first-order valence-electron chi connectivity index (χ1n) is 8.16. The highest BCUT2D eigenvalue weighted by atomic mass is 32.2. The van der Waals surface area contributed by atoms with E-state index in [0.717, 1.165) is 10.8 Å². The zero-order chi connectivity index (χ0) is 17.1. The van der Waals surface area contributed by atoms with Gasteiger partial charge in [-0.15, -0.1) is 0 Å². The number of hydrogen-bond donors (Lipinski definition) is 0. The van der Waals surface area contributed by atoms with Gasteiger partial charge in [-0.3, -0.25) is 19.1 Å². The standard InChI is InChI=1S/C18H21N3O2S/c1-13(2)14-5-3-4-6-15(14)20-10-9-19-18(20)24-12-11-21-16(22)7-8-17(21)23/h3-6,9-10,13H,7-8,11-12H2,1-2H3. The number of thioether (sulfide) groups is 1. The Morgan fingerprint density at radius 2 is 1.88 bits per heavy atom. The SMILES string of the molecule is CC(C)c1ccccc1-n1ccnc1SCCN1C(=O)CCC1=O. The summed E-state index contributed by atoms with van der Waals surface area (Å²) in [5.74, 6) is 0.947. The lowest BCUT2D eigenvalue weighted by molar-refractivity contribution is -0.137. The topological polar surface area (TPSA) is 55.2 Å². The van der Waals surface area contributed by atoms with Crippen molar-refractivity contribution in [2.75, 3.05) is 12.3 Å². The number of rotatable bonds is 6. The molecule has 0 spiro atoms. The number of amides is 2. The molecule has 0 N–H and O–H groups in total. The van der Waals surface area contributed by atoms with Crippen LogP contribution < -0.4 is 0 Å². The van der Waals surface area contributed by atoms with E-state index in [1.807, 2.05) is 18.3 Å². The molecular weight excluding hydrogens is 322 g/mol. The van der Waals surface area contributed by atoms with E-state index in [1.54, 1.807) is 18.0 Å². The Kier molecular flexibility index (Phi) is 5.04. The van der Waals surface area contributed by atoms with Crippen molar-refractivity contribution >= 4 is 23.6 Å². The van der Waals surface area contributed by atoms with Crippen LogP contribution in [-0.4, -0.2) is 38.6 Å². The first-order chi connectivity index (χ1) is 11.6. The van der Waals surface area contributed by atoms with Crippen molar-refractivity contribution in [2.45, 2.75) is 37.8 Å². The van der Waals surface area contributed by atoms with Crippen molar-refractivity contribution in [3.05, 3.63) is 42.2 Å². The van der Waals surface area contributed by atoms with Crippen LogP contribution in [0, 0.1) is 0 Å². The maximum absolute atomic E-state index is 11.7. The molecule has 1 aliphatic heterocycles. The van der Waals surface area contributed by atoms with Crippen LogP contribution in [0.4, 0.5) is 0 Å². The summed E-state index contributed by atoms with van der Waals surface area (Å²) in [6.07, 6.45) is 4.43. The second-order valence-electron chi connectivity index (χ2n) is 6.08. The fraction of sp³-hybridized carbons (Fsp3) is 0.389. The molecule has 2 aromatic rings. The highest BCUT2D eigenvalue weighted by Gasteiger charge is 2.28. The van der Waals surface area contributed by atoms with Gasteiger partial charge >= 0.3 is 0 Å². The number of hydrogen-bond acceptors (Lipinski definition) is 4. The number of carbonyl (C=O) groups excluding carboxylic acids is 2. The molecule has 24 heavy (non-hydrogen) atoms. The maximum Gasteiger partial charge on any atom is 0.229 e. The fourth-order valence-corrected chi connectivity index (χ4v) is 3.77. The van der Waals surface area contributed by atoms with E-state index in [2.05, 4.69) is 35.5 Å². The minimum absolute atomic E-state index is 0.0610. The quantitative estimate of drug-likeness (QED) is 0.597. The summed E-state index contributed by atoms with van der Waals surface area (Å²) in [6.45, 7) is 4.79. The molecule has 1 fully saturated rings. The maximum atomic E-state index is 11.7. The molecule has 0 atom stereocenters. The van der Waals surface area contributed by atoms with Gasteiger partial charge < -0.3 is 0 Å². The molecule has 2 heterocycles. The Morgan fingerprint density at radius 1 is 1.17 bits per heavy atom. The Bertz CT molecular complexity index is 738. The predicted octanol–water partition coefficient (Wildman–Crippen LogP) is 3.24. The van der Waals surface area contributed by atoms with Crippen LogP contribution in [0.1, 0.15) is 38.2 Å². The van der Waals surface area contributed by atoms with Crippen molar-refractivity contribution in [3.8, 4) is 5.69 Å². The van der Waals surface area contributed by atoms with Crippen LogP contribution in [0.2, 0.25) is 0 Å². The molecule has 0 saturated carbocycles. The average molecular weight is 343 g/mol. The smallest absolute Gasteiger partial charge is 0.229 e. The zero-order valence-corrected chi connectivity index (χ0v) is 14.8. The minimum atomic E-state index is -0.0610. The highest BCUT2D eigenvalue weighted by molar-refractivity contribution is 7.99. The summed E-state index contributed by atoms with van der Waals surface area (Å²) in [5, 5.41) is 0.877. The minimum Gasteiger partial charge on any atom is -0.295 e. The molecule has 1 saturated heterocycles. The molecule has 1 aliphatic rings. The zero-order valence-electron chi connectivity index (χ0n) is 13.9. The van der Waals surface area contributed by atoms with E-state index in [-0.39, 0.29) is 11.8 Å². The molecule has 0 bridgehead atoms. The Morgan fingerprint density at radius 3 is 2.58 bits per heavy atom. The van der Waals surface area contributed by atoms with E-state index in [9.17, 15) is 9.59 Å². The van der Waals surface area contributed by atoms with Crippen LogP contribution in [-0.2, 0) is 9.59 Å². The number of carbonyl (C=O) groups is 2. The van der Waals surface area contributed by atoms with Gasteiger partial charge in [0.1, 0.15) is 0 Å². The monoisotopic (exact) mass is 343 g/mol. The third-order valence-corrected chi connectivity index (χ3v) is 5.07. The summed E-state index contributed by atoms with van der Waals surface area (Å²) in [6, 6.07) is 8.30. The molecule has 0 radical (unpaired) electrons. The van der Waals surface area contributed by atoms with E-state index in [1.165, 1.54) is 10.5 Å². The molecular formula is C18H21N3O2S. The summed E-state index contributed by atoms with van der Waals surface area (Å²) in [7, 11) is 0. The molecule has 3 rings (SSSR count). The molecule has 5 nitrogen and oxygen atoms in total. The second-order valence-corrected chi connectivity index (χ2v) is 7.14. The normalized spacial score (nSPS) is 14.9. The number of imidazole rings is 1. The first-order valence-corrected chi connectivity index (χ1v) is 9.15. The number of likely N-dealkylation sites (tertiary alicyclic amines) is 1.